The van der Waals surface area contributed by atoms with Crippen LogP contribution < -0.4 is 16.1 Å². The van der Waals surface area contributed by atoms with Crippen molar-refractivity contribution in [3.63, 3.8) is 0 Å². The van der Waals surface area contributed by atoms with E-state index in [-0.39, 0.29) is 35.5 Å². The van der Waals surface area contributed by atoms with E-state index in [4.69, 9.17) is 9.47 Å². The Labute approximate surface area is 293 Å². The smallest absolute Gasteiger partial charge is 0.407 e. The summed E-state index contributed by atoms with van der Waals surface area (Å²) < 4.78 is 27.1. The standard InChI is InChI=1S/C38H52FN5O6/c1-37(2,3)50-36(48)41-29(22-39)24-10-12-25(13-11-24)33(45)42-43-19-16-28(23-8-5-4-6-9-23)32(43)34(46)40-27-14-15-30-26(20-27)21-31-35(47)49-38(44(30)31)17-7-18-38/h14-15,20-21,23-25,28-29,32H,4-13,16-19,22H2,1-3H3,(H,40,46)(H,41,48)(H,42,45)/t24?,25?,28-,29+,32-/m0/s1. The van der Waals surface area contributed by atoms with E-state index in [1.54, 1.807) is 20.8 Å². The molecular weight excluding hydrogens is 641 g/mol. The van der Waals surface area contributed by atoms with Crippen molar-refractivity contribution in [1.82, 2.24) is 20.3 Å². The number of hydrogen-bond donors (Lipinski definition) is 3. The Kier molecular flexibility index (Phi) is 9.60. The van der Waals surface area contributed by atoms with Crippen LogP contribution in [0.25, 0.3) is 10.9 Å². The Morgan fingerprint density at radius 2 is 1.72 bits per heavy atom. The van der Waals surface area contributed by atoms with E-state index in [9.17, 15) is 23.6 Å². The van der Waals surface area contributed by atoms with Crippen LogP contribution in [0.3, 0.4) is 0 Å². The van der Waals surface area contributed by atoms with Crippen molar-refractivity contribution >= 4 is 40.5 Å². The number of benzene rings is 1. The van der Waals surface area contributed by atoms with Crippen LogP contribution in [0.5, 0.6) is 0 Å². The van der Waals surface area contributed by atoms with Crippen LogP contribution in [0.2, 0.25) is 0 Å². The fraction of sp³-hybridized carbons (Fsp3) is 0.684. The van der Waals surface area contributed by atoms with Crippen LogP contribution in [0.1, 0.15) is 115 Å². The molecule has 3 N–H and O–H groups in total. The van der Waals surface area contributed by atoms with Gasteiger partial charge in [-0.3, -0.25) is 19.6 Å². The number of nitrogens with zero attached hydrogens (tertiary/aromatic N) is 2. The van der Waals surface area contributed by atoms with Crippen LogP contribution in [-0.4, -0.2) is 64.4 Å². The van der Waals surface area contributed by atoms with Gasteiger partial charge in [0.2, 0.25) is 11.8 Å². The highest BCUT2D eigenvalue weighted by molar-refractivity contribution is 6.01. The number of fused-ring (bicyclic) bond motifs is 4. The zero-order chi connectivity index (χ0) is 35.2. The van der Waals surface area contributed by atoms with Crippen LogP contribution in [0, 0.1) is 23.7 Å². The normalized spacial score (nSPS) is 27.3. The zero-order valence-corrected chi connectivity index (χ0v) is 29.6. The third kappa shape index (κ3) is 6.84. The molecule has 1 aromatic heterocycles. The minimum Gasteiger partial charge on any atom is -0.444 e. The molecule has 0 radical (unpaired) electrons. The Bertz CT molecular complexity index is 1620. The molecule has 3 saturated carbocycles. The second kappa shape index (κ2) is 13.8. The SMILES string of the molecule is CC(C)(C)OC(=O)N[C@H](CF)C1CCC(C(=O)NN2CC[C@@H](C3CCCCC3)[C@H]2C(=O)Nc2ccc3c(c2)cc2n3C3(CCC3)OC2=O)CC1. The quantitative estimate of drug-likeness (QED) is 0.267. The molecule has 1 spiro atoms. The summed E-state index contributed by atoms with van der Waals surface area (Å²) in [4.78, 5) is 52.8. The molecule has 3 heterocycles. The summed E-state index contributed by atoms with van der Waals surface area (Å²) >= 11 is 0. The molecule has 0 bridgehead atoms. The number of alkyl halides is 1. The predicted molar refractivity (Wildman–Crippen MR) is 186 cm³/mol. The molecule has 3 amide bonds. The fourth-order valence-corrected chi connectivity index (χ4v) is 9.27. The number of carbonyl (C=O) groups excluding carboxylic acids is 4. The van der Waals surface area contributed by atoms with Crippen molar-refractivity contribution in [3.8, 4) is 0 Å². The molecule has 12 heteroatoms. The summed E-state index contributed by atoms with van der Waals surface area (Å²) in [6, 6.07) is 6.46. The number of esters is 1. The van der Waals surface area contributed by atoms with E-state index < -0.39 is 36.2 Å². The number of alkyl carbamates (subject to hydrolysis) is 1. The molecule has 11 nitrogen and oxygen atoms in total. The summed E-state index contributed by atoms with van der Waals surface area (Å²) in [5.41, 5.74) is 4.04. The molecule has 0 unspecified atom stereocenters. The van der Waals surface area contributed by atoms with E-state index in [0.717, 1.165) is 62.3 Å². The molecule has 7 rings (SSSR count). The second-order valence-electron chi connectivity index (χ2n) is 16.3. The van der Waals surface area contributed by atoms with Gasteiger partial charge in [0, 0.05) is 36.4 Å². The van der Waals surface area contributed by atoms with Gasteiger partial charge in [0.15, 0.2) is 5.72 Å². The molecule has 2 aromatic rings. The molecule has 4 fully saturated rings. The molecular formula is C38H52FN5O6. The average Bonchev–Trinajstić information content (AvgIpc) is 3.75. The Hall–Kier alpha value is -3.67. The van der Waals surface area contributed by atoms with Crippen LogP contribution in [0.4, 0.5) is 14.9 Å². The van der Waals surface area contributed by atoms with Gasteiger partial charge in [-0.1, -0.05) is 32.1 Å². The van der Waals surface area contributed by atoms with Crippen molar-refractivity contribution in [2.45, 2.75) is 128 Å². The van der Waals surface area contributed by atoms with Crippen molar-refractivity contribution in [2.75, 3.05) is 18.5 Å². The van der Waals surface area contributed by atoms with Crippen LogP contribution in [-0.2, 0) is 24.8 Å². The number of carbonyl (C=O) groups is 4. The number of anilines is 1. The first kappa shape index (κ1) is 34.8. The summed E-state index contributed by atoms with van der Waals surface area (Å²) in [6.45, 7) is 5.21. The lowest BCUT2D eigenvalue weighted by Crippen LogP contribution is -2.54. The van der Waals surface area contributed by atoms with Crippen molar-refractivity contribution < 1.29 is 33.0 Å². The monoisotopic (exact) mass is 693 g/mol. The molecule has 3 aliphatic carbocycles. The third-order valence-electron chi connectivity index (χ3n) is 11.9. The van der Waals surface area contributed by atoms with Gasteiger partial charge in [-0.25, -0.2) is 19.0 Å². The van der Waals surface area contributed by atoms with Gasteiger partial charge in [0.1, 0.15) is 24.0 Å². The summed E-state index contributed by atoms with van der Waals surface area (Å²) in [6.07, 6.45) is 10.9. The molecule has 3 atom stereocenters. The Morgan fingerprint density at radius 3 is 2.38 bits per heavy atom. The van der Waals surface area contributed by atoms with Gasteiger partial charge < -0.3 is 20.1 Å². The lowest BCUT2D eigenvalue weighted by Gasteiger charge is -2.38. The topological polar surface area (TPSA) is 131 Å². The van der Waals surface area contributed by atoms with Crippen molar-refractivity contribution in [3.05, 3.63) is 30.0 Å². The average molecular weight is 694 g/mol. The Balaban J connectivity index is 1.01. The van der Waals surface area contributed by atoms with Gasteiger partial charge in [-0.2, -0.15) is 0 Å². The lowest BCUT2D eigenvalue weighted by atomic mass is 9.76. The highest BCUT2D eigenvalue weighted by Crippen LogP contribution is 2.48. The van der Waals surface area contributed by atoms with Crippen molar-refractivity contribution in [2.24, 2.45) is 23.7 Å². The number of hydrogen-bond acceptors (Lipinski definition) is 7. The number of ether oxygens (including phenoxy) is 2. The maximum Gasteiger partial charge on any atom is 0.407 e. The number of nitrogens with one attached hydrogen (secondary N) is 3. The van der Waals surface area contributed by atoms with Gasteiger partial charge >= 0.3 is 12.1 Å². The number of amides is 3. The molecule has 1 saturated heterocycles. The molecule has 1 aromatic carbocycles. The maximum atomic E-state index is 14.2. The van der Waals surface area contributed by atoms with E-state index in [2.05, 4.69) is 16.1 Å². The maximum absolute atomic E-state index is 14.2. The van der Waals surface area contributed by atoms with E-state index >= 15 is 0 Å². The van der Waals surface area contributed by atoms with Crippen LogP contribution in [0.15, 0.2) is 24.3 Å². The van der Waals surface area contributed by atoms with E-state index in [0.29, 0.717) is 49.5 Å². The highest BCUT2D eigenvalue weighted by atomic mass is 19.1. The molecule has 272 valence electrons. The fourth-order valence-electron chi connectivity index (χ4n) is 9.27. The first-order valence-electron chi connectivity index (χ1n) is 18.8. The molecule has 50 heavy (non-hydrogen) atoms. The molecule has 2 aliphatic heterocycles. The van der Waals surface area contributed by atoms with Crippen LogP contribution >= 0.6 is 0 Å². The summed E-state index contributed by atoms with van der Waals surface area (Å²) in [5.74, 6) is -0.324. The largest absolute Gasteiger partial charge is 0.444 e. The van der Waals surface area contributed by atoms with Gasteiger partial charge in [0.25, 0.3) is 0 Å². The van der Waals surface area contributed by atoms with E-state index in [1.807, 2.05) is 33.8 Å². The lowest BCUT2D eigenvalue weighted by molar-refractivity contribution is -0.134. The number of hydrazine groups is 1. The van der Waals surface area contributed by atoms with E-state index in [1.165, 1.54) is 6.42 Å². The minimum atomic E-state index is -0.693. The van der Waals surface area contributed by atoms with Gasteiger partial charge in [-0.05, 0) is 101 Å². The number of aromatic nitrogens is 1. The first-order valence-corrected chi connectivity index (χ1v) is 18.8. The number of halogens is 1. The Morgan fingerprint density at radius 1 is 0.980 bits per heavy atom. The second-order valence-corrected chi connectivity index (χ2v) is 16.3. The third-order valence-corrected chi connectivity index (χ3v) is 11.9. The first-order chi connectivity index (χ1) is 23.9. The summed E-state index contributed by atoms with van der Waals surface area (Å²) in [5, 5.41) is 8.60. The molecule has 5 aliphatic rings. The summed E-state index contributed by atoms with van der Waals surface area (Å²) in [7, 11) is 0. The predicted octanol–water partition coefficient (Wildman–Crippen LogP) is 6.56. The van der Waals surface area contributed by atoms with Gasteiger partial charge in [-0.15, -0.1) is 0 Å². The minimum absolute atomic E-state index is 0.0817. The van der Waals surface area contributed by atoms with Crippen molar-refractivity contribution in [1.29, 1.82) is 0 Å². The van der Waals surface area contributed by atoms with Gasteiger partial charge in [0.05, 0.1) is 11.6 Å². The highest BCUT2D eigenvalue weighted by Gasteiger charge is 2.51. The zero-order valence-electron chi connectivity index (χ0n) is 29.6. The number of rotatable bonds is 8.